The number of aromatic nitrogens is 1. The number of halogens is 3. The van der Waals surface area contributed by atoms with Crippen molar-refractivity contribution in [3.8, 4) is 0 Å². The first-order chi connectivity index (χ1) is 12.5. The van der Waals surface area contributed by atoms with E-state index in [-0.39, 0.29) is 6.03 Å². The minimum absolute atomic E-state index is 0.134. The summed E-state index contributed by atoms with van der Waals surface area (Å²) in [6, 6.07) is 7.21. The highest BCUT2D eigenvalue weighted by Crippen LogP contribution is 2.31. The number of aryl methyl sites for hydroxylation is 1. The van der Waals surface area contributed by atoms with Gasteiger partial charge in [0.25, 0.3) is 0 Å². The third-order valence-electron chi connectivity index (χ3n) is 4.37. The Labute approximate surface area is 167 Å². The van der Waals surface area contributed by atoms with Crippen LogP contribution in [0.3, 0.4) is 0 Å². The van der Waals surface area contributed by atoms with Crippen molar-refractivity contribution in [2.24, 2.45) is 0 Å². The summed E-state index contributed by atoms with van der Waals surface area (Å²) in [6.45, 7) is 4.64. The third kappa shape index (κ3) is 4.34. The topological polar surface area (TPSA) is 48.5 Å². The molecule has 0 atom stereocenters. The first-order valence-corrected chi connectivity index (χ1v) is 9.46. The molecule has 1 saturated heterocycles. The second-order valence-corrected chi connectivity index (χ2v) is 7.30. The van der Waals surface area contributed by atoms with E-state index >= 15 is 0 Å². The lowest BCUT2D eigenvalue weighted by Crippen LogP contribution is -2.38. The van der Waals surface area contributed by atoms with Crippen molar-refractivity contribution in [1.29, 1.82) is 0 Å². The number of urea groups is 1. The number of anilines is 2. The molecule has 1 aromatic carbocycles. The van der Waals surface area contributed by atoms with Gasteiger partial charge in [-0.3, -0.25) is 0 Å². The molecule has 5 nitrogen and oxygen atoms in total. The van der Waals surface area contributed by atoms with Crippen molar-refractivity contribution in [2.45, 2.75) is 13.3 Å². The van der Waals surface area contributed by atoms with Gasteiger partial charge in [0.1, 0.15) is 10.2 Å². The maximum Gasteiger partial charge on any atom is 0.321 e. The number of amides is 2. The van der Waals surface area contributed by atoms with Crippen LogP contribution in [0.2, 0.25) is 15.2 Å². The van der Waals surface area contributed by atoms with Gasteiger partial charge in [-0.25, -0.2) is 9.78 Å². The van der Waals surface area contributed by atoms with E-state index < -0.39 is 0 Å². The van der Waals surface area contributed by atoms with Crippen LogP contribution < -0.4 is 10.2 Å². The maximum atomic E-state index is 12.6. The molecule has 1 aliphatic heterocycles. The lowest BCUT2D eigenvalue weighted by molar-refractivity contribution is 0.215. The van der Waals surface area contributed by atoms with Gasteiger partial charge in [0, 0.05) is 43.1 Å². The van der Waals surface area contributed by atoms with Crippen molar-refractivity contribution in [2.75, 3.05) is 36.4 Å². The van der Waals surface area contributed by atoms with Crippen LogP contribution in [-0.4, -0.2) is 42.1 Å². The molecule has 1 aliphatic rings. The number of pyridine rings is 1. The van der Waals surface area contributed by atoms with Crippen molar-refractivity contribution < 1.29 is 4.79 Å². The van der Waals surface area contributed by atoms with E-state index in [9.17, 15) is 4.79 Å². The Bertz CT molecular complexity index is 815. The first-order valence-electron chi connectivity index (χ1n) is 8.33. The van der Waals surface area contributed by atoms with Crippen LogP contribution in [0.15, 0.2) is 30.5 Å². The summed E-state index contributed by atoms with van der Waals surface area (Å²) in [5.74, 6) is 0. The van der Waals surface area contributed by atoms with Gasteiger partial charge >= 0.3 is 6.03 Å². The smallest absolute Gasteiger partial charge is 0.321 e. The van der Waals surface area contributed by atoms with Crippen LogP contribution in [0.25, 0.3) is 0 Å². The molecule has 26 heavy (non-hydrogen) atoms. The molecule has 0 radical (unpaired) electrons. The molecule has 1 fully saturated rings. The Morgan fingerprint density at radius 1 is 1.12 bits per heavy atom. The number of benzene rings is 1. The Morgan fingerprint density at radius 3 is 2.69 bits per heavy atom. The largest absolute Gasteiger partial charge is 0.368 e. The molecule has 2 heterocycles. The minimum atomic E-state index is -0.134. The first kappa shape index (κ1) is 19.1. The molecule has 0 aliphatic carbocycles. The molecular weight excluding hydrogens is 395 g/mol. The van der Waals surface area contributed by atoms with Crippen LogP contribution in [-0.2, 0) is 0 Å². The van der Waals surface area contributed by atoms with Gasteiger partial charge in [0.2, 0.25) is 0 Å². The number of carbonyl (C=O) groups excluding carboxylic acids is 1. The quantitative estimate of drug-likeness (QED) is 0.697. The highest BCUT2D eigenvalue weighted by Gasteiger charge is 2.21. The third-order valence-corrected chi connectivity index (χ3v) is 5.54. The number of hydrogen-bond donors (Lipinski definition) is 1. The second-order valence-electron chi connectivity index (χ2n) is 6.16. The molecule has 0 saturated carbocycles. The fraction of sp³-hybridized carbons (Fsp3) is 0.333. The summed E-state index contributed by atoms with van der Waals surface area (Å²) in [6.07, 6.45) is 2.47. The number of rotatable bonds is 2. The zero-order chi connectivity index (χ0) is 18.7. The summed E-state index contributed by atoms with van der Waals surface area (Å²) in [7, 11) is 0. The Kier molecular flexibility index (Phi) is 6.12. The van der Waals surface area contributed by atoms with Crippen molar-refractivity contribution in [3.63, 3.8) is 0 Å². The van der Waals surface area contributed by atoms with Crippen LogP contribution >= 0.6 is 34.8 Å². The van der Waals surface area contributed by atoms with E-state index in [4.69, 9.17) is 34.8 Å². The summed E-state index contributed by atoms with van der Waals surface area (Å²) in [5, 5.41) is 4.28. The number of carbonyl (C=O) groups is 1. The molecule has 1 aromatic heterocycles. The highest BCUT2D eigenvalue weighted by molar-refractivity contribution is 6.42. The zero-order valence-corrected chi connectivity index (χ0v) is 16.6. The lowest BCUT2D eigenvalue weighted by Gasteiger charge is -2.24. The Balaban J connectivity index is 1.65. The molecule has 138 valence electrons. The maximum absolute atomic E-state index is 12.6. The average Bonchev–Trinajstić information content (AvgIpc) is 2.87. The monoisotopic (exact) mass is 412 g/mol. The molecule has 8 heteroatoms. The van der Waals surface area contributed by atoms with E-state index in [0.29, 0.717) is 40.5 Å². The van der Waals surface area contributed by atoms with Gasteiger partial charge in [-0.1, -0.05) is 40.9 Å². The van der Waals surface area contributed by atoms with Gasteiger partial charge < -0.3 is 15.1 Å². The van der Waals surface area contributed by atoms with Gasteiger partial charge in [-0.2, -0.15) is 0 Å². The van der Waals surface area contributed by atoms with Crippen molar-refractivity contribution >= 4 is 52.2 Å². The number of nitrogens with zero attached hydrogens (tertiary/aromatic N) is 3. The Hall–Kier alpha value is -1.69. The van der Waals surface area contributed by atoms with Crippen LogP contribution in [0, 0.1) is 6.92 Å². The van der Waals surface area contributed by atoms with Crippen molar-refractivity contribution in [3.05, 3.63) is 51.2 Å². The SMILES string of the molecule is Cc1ccc(NC(=O)N2CCCN(c3ccnc(Cl)c3Cl)CC2)cc1Cl. The predicted molar refractivity (Wildman–Crippen MR) is 108 cm³/mol. The molecule has 0 unspecified atom stereocenters. The minimum Gasteiger partial charge on any atom is -0.368 e. The van der Waals surface area contributed by atoms with E-state index in [1.807, 2.05) is 25.1 Å². The lowest BCUT2D eigenvalue weighted by atomic mass is 10.2. The normalized spacial score (nSPS) is 14.9. The van der Waals surface area contributed by atoms with Crippen molar-refractivity contribution in [1.82, 2.24) is 9.88 Å². The summed E-state index contributed by atoms with van der Waals surface area (Å²) >= 11 is 18.4. The summed E-state index contributed by atoms with van der Waals surface area (Å²) in [5.41, 5.74) is 2.51. The van der Waals surface area contributed by atoms with Crippen LogP contribution in [0.1, 0.15) is 12.0 Å². The van der Waals surface area contributed by atoms with Gasteiger partial charge in [-0.15, -0.1) is 0 Å². The number of hydrogen-bond acceptors (Lipinski definition) is 3. The van der Waals surface area contributed by atoms with E-state index in [1.165, 1.54) is 0 Å². The molecule has 2 aromatic rings. The molecular formula is C18H19Cl3N4O. The van der Waals surface area contributed by atoms with E-state index in [1.54, 1.807) is 17.2 Å². The Morgan fingerprint density at radius 2 is 1.92 bits per heavy atom. The predicted octanol–water partition coefficient (Wildman–Crippen LogP) is 5.09. The van der Waals surface area contributed by atoms with Gasteiger partial charge in [0.15, 0.2) is 0 Å². The fourth-order valence-electron chi connectivity index (χ4n) is 2.89. The molecule has 2 amide bonds. The van der Waals surface area contributed by atoms with E-state index in [2.05, 4.69) is 15.2 Å². The van der Waals surface area contributed by atoms with Crippen LogP contribution in [0.5, 0.6) is 0 Å². The zero-order valence-electron chi connectivity index (χ0n) is 14.3. The van der Waals surface area contributed by atoms with Gasteiger partial charge in [-0.05, 0) is 37.1 Å². The summed E-state index contributed by atoms with van der Waals surface area (Å²) < 4.78 is 0. The fourth-order valence-corrected chi connectivity index (χ4v) is 3.45. The van der Waals surface area contributed by atoms with E-state index in [0.717, 1.165) is 24.2 Å². The second kappa shape index (κ2) is 8.33. The molecule has 0 bridgehead atoms. The summed E-state index contributed by atoms with van der Waals surface area (Å²) in [4.78, 5) is 20.5. The molecule has 3 rings (SSSR count). The molecule has 0 spiro atoms. The van der Waals surface area contributed by atoms with Crippen LogP contribution in [0.4, 0.5) is 16.2 Å². The highest BCUT2D eigenvalue weighted by atomic mass is 35.5. The standard InChI is InChI=1S/C18H19Cl3N4O/c1-12-3-4-13(11-14(12)19)23-18(26)25-8-2-7-24(9-10-25)15-5-6-22-17(21)16(15)20/h3-6,11H,2,7-10H2,1H3,(H,23,26). The van der Waals surface area contributed by atoms with Gasteiger partial charge in [0.05, 0.1) is 5.69 Å². The number of nitrogens with one attached hydrogen (secondary N) is 1. The molecule has 1 N–H and O–H groups in total. The average molecular weight is 414 g/mol.